The molecule has 11 nitrogen and oxygen atoms in total. The van der Waals surface area contributed by atoms with E-state index in [-0.39, 0.29) is 40.9 Å². The van der Waals surface area contributed by atoms with Crippen molar-refractivity contribution in [2.75, 3.05) is 57.3 Å². The van der Waals surface area contributed by atoms with E-state index < -0.39 is 11.9 Å². The summed E-state index contributed by atoms with van der Waals surface area (Å²) in [7, 11) is 0. The Labute approximate surface area is 356 Å². The van der Waals surface area contributed by atoms with Crippen molar-refractivity contribution < 1.29 is 29.0 Å². The zero-order valence-corrected chi connectivity index (χ0v) is 34.6. The Morgan fingerprint density at radius 3 is 2.34 bits per heavy atom. The van der Waals surface area contributed by atoms with Crippen molar-refractivity contribution >= 4 is 29.3 Å². The first-order chi connectivity index (χ1) is 29.7. The molecule has 11 heteroatoms. The zero-order chi connectivity index (χ0) is 41.5. The highest BCUT2D eigenvalue weighted by Crippen LogP contribution is 2.51. The van der Waals surface area contributed by atoms with Gasteiger partial charge in [0.2, 0.25) is 17.7 Å². The lowest BCUT2D eigenvalue weighted by Crippen LogP contribution is -2.63. The van der Waals surface area contributed by atoms with Gasteiger partial charge < -0.3 is 24.5 Å². The molecule has 6 aliphatic heterocycles. The molecule has 11 rings (SSSR count). The lowest BCUT2D eigenvalue weighted by Gasteiger charge is -2.54. The van der Waals surface area contributed by atoms with Crippen molar-refractivity contribution in [3.63, 3.8) is 0 Å². The van der Waals surface area contributed by atoms with E-state index >= 15 is 0 Å². The second-order valence-electron chi connectivity index (χ2n) is 19.0. The van der Waals surface area contributed by atoms with E-state index in [9.17, 15) is 24.3 Å². The topological polar surface area (TPSA) is 123 Å². The van der Waals surface area contributed by atoms with Crippen LogP contribution in [0.4, 0.5) is 5.69 Å². The van der Waals surface area contributed by atoms with Crippen LogP contribution >= 0.6 is 0 Å². The first-order valence-electron chi connectivity index (χ1n) is 22.3. The molecule has 4 aromatic rings. The van der Waals surface area contributed by atoms with Crippen LogP contribution in [0.3, 0.4) is 0 Å². The molecular formula is C50H53N5O6. The van der Waals surface area contributed by atoms with Crippen LogP contribution in [0.1, 0.15) is 101 Å². The van der Waals surface area contributed by atoms with Crippen molar-refractivity contribution in [2.45, 2.75) is 81.2 Å². The maximum Gasteiger partial charge on any atom is 0.255 e. The van der Waals surface area contributed by atoms with E-state index in [0.717, 1.165) is 94.7 Å². The summed E-state index contributed by atoms with van der Waals surface area (Å²) in [5.74, 6) is 1.07. The highest BCUT2D eigenvalue weighted by Gasteiger charge is 2.50. The number of nitrogens with one attached hydrogen (secondary N) is 1. The van der Waals surface area contributed by atoms with Gasteiger partial charge in [0.15, 0.2) is 0 Å². The SMILES string of the molecule is O=C1CCC(N2Cc3c(ccc4c3OCC43CCN(CC(=O)N4CC5(CCN(c6ccc([C@@H]7c8ccc(O)cc8CC[C@@H]7c7ccccc7)cc6)CC5)C4)CC3)C2=O)C(=O)N1. The average molecular weight is 820 g/mol. The number of piperidine rings is 3. The highest BCUT2D eigenvalue weighted by molar-refractivity contribution is 6.05. The van der Waals surface area contributed by atoms with Crippen LogP contribution in [0.15, 0.2) is 84.9 Å². The number of aryl methyl sites for hydroxylation is 1. The van der Waals surface area contributed by atoms with Crippen molar-refractivity contribution in [1.29, 1.82) is 0 Å². The number of ether oxygens (including phenoxy) is 1. The lowest BCUT2D eigenvalue weighted by atomic mass is 9.69. The number of benzene rings is 4. The van der Waals surface area contributed by atoms with Gasteiger partial charge in [0.25, 0.3) is 5.91 Å². The fourth-order valence-corrected chi connectivity index (χ4v) is 12.0. The molecule has 61 heavy (non-hydrogen) atoms. The van der Waals surface area contributed by atoms with Crippen LogP contribution in [-0.2, 0) is 32.8 Å². The second-order valence-corrected chi connectivity index (χ2v) is 19.0. The van der Waals surface area contributed by atoms with Crippen molar-refractivity contribution in [2.24, 2.45) is 5.41 Å². The number of likely N-dealkylation sites (tertiary alicyclic amines) is 2. The smallest absolute Gasteiger partial charge is 0.255 e. The van der Waals surface area contributed by atoms with Gasteiger partial charge >= 0.3 is 0 Å². The number of anilines is 1. The van der Waals surface area contributed by atoms with Crippen molar-refractivity contribution in [1.82, 2.24) is 20.0 Å². The third-order valence-corrected chi connectivity index (χ3v) is 15.6. The highest BCUT2D eigenvalue weighted by atomic mass is 16.5. The van der Waals surface area contributed by atoms with E-state index in [1.165, 1.54) is 27.9 Å². The molecule has 314 valence electrons. The molecule has 6 heterocycles. The summed E-state index contributed by atoms with van der Waals surface area (Å²) in [6.45, 7) is 6.58. The number of nitrogens with zero attached hydrogens (tertiary/aromatic N) is 4. The van der Waals surface area contributed by atoms with Crippen LogP contribution < -0.4 is 15.0 Å². The number of fused-ring (bicyclic) bond motifs is 5. The Morgan fingerprint density at radius 1 is 0.820 bits per heavy atom. The van der Waals surface area contributed by atoms with Gasteiger partial charge in [-0.25, -0.2) is 0 Å². The van der Waals surface area contributed by atoms with Gasteiger partial charge in [-0.1, -0.05) is 54.6 Å². The van der Waals surface area contributed by atoms with E-state index in [1.807, 2.05) is 24.3 Å². The number of amides is 4. The van der Waals surface area contributed by atoms with E-state index in [2.05, 4.69) is 80.7 Å². The van der Waals surface area contributed by atoms with Crippen LogP contribution in [-0.4, -0.2) is 102 Å². The molecule has 7 aliphatic rings. The molecule has 4 saturated heterocycles. The summed E-state index contributed by atoms with van der Waals surface area (Å²) in [6.07, 6.45) is 6.50. The Bertz CT molecular complexity index is 2410. The Balaban J connectivity index is 0.677. The minimum Gasteiger partial charge on any atom is -0.508 e. The minimum absolute atomic E-state index is 0.152. The minimum atomic E-state index is -0.652. The van der Waals surface area contributed by atoms with Crippen molar-refractivity contribution in [3.8, 4) is 11.5 Å². The molecule has 0 saturated carbocycles. The van der Waals surface area contributed by atoms with Gasteiger partial charge in [0.1, 0.15) is 17.5 Å². The van der Waals surface area contributed by atoms with Crippen LogP contribution in [0, 0.1) is 5.41 Å². The standard InChI is InChI=1S/C50H53N5O6/c56-36-11-13-38-34(26-36)8-12-37(32-4-2-1-3-5-32)45(38)33-6-9-35(10-7-33)53-24-18-49(19-25-53)29-54(30-49)44(58)28-52-22-20-50(21-23-52)31-61-46-40-27-55(42-16-17-43(57)51-47(42)59)48(60)39(40)14-15-41(46)50/h1-7,9-11,13-15,26,37,42,45,56H,8,12,16-25,27-31H2,(H,51,57,59)/t37-,42?,45+/m1/s1. The summed E-state index contributed by atoms with van der Waals surface area (Å²) >= 11 is 0. The summed E-state index contributed by atoms with van der Waals surface area (Å²) < 4.78 is 6.37. The van der Waals surface area contributed by atoms with Gasteiger partial charge in [-0.2, -0.15) is 0 Å². The van der Waals surface area contributed by atoms with E-state index in [0.29, 0.717) is 43.3 Å². The van der Waals surface area contributed by atoms with Crippen LogP contribution in [0.2, 0.25) is 0 Å². The fourth-order valence-electron chi connectivity index (χ4n) is 12.0. The fraction of sp³-hybridized carbons (Fsp3) is 0.440. The van der Waals surface area contributed by atoms with E-state index in [4.69, 9.17) is 4.74 Å². The molecular weight excluding hydrogens is 767 g/mol. The number of hydrogen-bond acceptors (Lipinski definition) is 8. The Kier molecular flexibility index (Phi) is 9.25. The van der Waals surface area contributed by atoms with Crippen molar-refractivity contribution in [3.05, 3.63) is 124 Å². The Hall–Kier alpha value is -5.68. The molecule has 0 bridgehead atoms. The molecule has 0 aromatic heterocycles. The molecule has 4 aromatic carbocycles. The van der Waals surface area contributed by atoms with Crippen LogP contribution in [0.25, 0.3) is 0 Å². The third-order valence-electron chi connectivity index (χ3n) is 15.6. The maximum absolute atomic E-state index is 13.6. The monoisotopic (exact) mass is 819 g/mol. The number of rotatable bonds is 6. The summed E-state index contributed by atoms with van der Waals surface area (Å²) in [5, 5.41) is 12.6. The number of phenolic OH excluding ortho intramolecular Hbond substituents is 1. The van der Waals surface area contributed by atoms with Gasteiger partial charge in [-0.3, -0.25) is 29.4 Å². The number of carbonyl (C=O) groups excluding carboxylic acids is 4. The van der Waals surface area contributed by atoms with E-state index in [1.54, 1.807) is 4.90 Å². The summed E-state index contributed by atoms with van der Waals surface area (Å²) in [6, 6.07) is 29.3. The van der Waals surface area contributed by atoms with Gasteiger partial charge in [-0.05, 0) is 117 Å². The number of hydrogen-bond donors (Lipinski definition) is 2. The first kappa shape index (κ1) is 38.3. The molecule has 2 spiro atoms. The molecule has 0 radical (unpaired) electrons. The average Bonchev–Trinajstić information content (AvgIpc) is 3.80. The summed E-state index contributed by atoms with van der Waals surface area (Å²) in [5.41, 5.74) is 9.12. The molecule has 4 amide bonds. The quantitative estimate of drug-likeness (QED) is 0.232. The molecule has 2 N–H and O–H groups in total. The van der Waals surface area contributed by atoms with Crippen LogP contribution in [0.5, 0.6) is 11.5 Å². The number of imide groups is 1. The lowest BCUT2D eigenvalue weighted by molar-refractivity contribution is -0.146. The molecule has 4 fully saturated rings. The Morgan fingerprint density at radius 2 is 1.59 bits per heavy atom. The second kappa shape index (κ2) is 14.8. The number of aromatic hydroxyl groups is 1. The maximum atomic E-state index is 13.6. The third kappa shape index (κ3) is 6.58. The van der Waals surface area contributed by atoms with Gasteiger partial charge in [-0.15, -0.1) is 0 Å². The zero-order valence-electron chi connectivity index (χ0n) is 34.6. The molecule has 1 unspecified atom stereocenters. The first-order valence-corrected chi connectivity index (χ1v) is 22.3. The number of carbonyl (C=O) groups is 4. The molecule has 1 aliphatic carbocycles. The predicted octanol–water partition coefficient (Wildman–Crippen LogP) is 5.87. The summed E-state index contributed by atoms with van der Waals surface area (Å²) in [4.78, 5) is 59.8. The van der Waals surface area contributed by atoms with Gasteiger partial charge in [0.05, 0.1) is 19.7 Å². The number of phenols is 1. The van der Waals surface area contributed by atoms with Gasteiger partial charge in [0, 0.05) is 71.7 Å². The largest absolute Gasteiger partial charge is 0.508 e. The predicted molar refractivity (Wildman–Crippen MR) is 230 cm³/mol. The molecule has 3 atom stereocenters. The normalized spacial score (nSPS) is 25.1.